The predicted octanol–water partition coefficient (Wildman–Crippen LogP) is 2.06. The zero-order chi connectivity index (χ0) is 20.1. The fourth-order valence-electron chi connectivity index (χ4n) is 3.59. The van der Waals surface area contributed by atoms with Crippen molar-refractivity contribution in [2.24, 2.45) is 13.0 Å². The van der Waals surface area contributed by atoms with Gasteiger partial charge in [-0.1, -0.05) is 24.8 Å². The van der Waals surface area contributed by atoms with Crippen molar-refractivity contribution in [1.82, 2.24) is 19.8 Å². The number of aryl methyl sites for hydroxylation is 1. The van der Waals surface area contributed by atoms with Crippen LogP contribution in [0.5, 0.6) is 5.75 Å². The number of imidazole rings is 1. The lowest BCUT2D eigenvalue weighted by molar-refractivity contribution is -0.132. The van der Waals surface area contributed by atoms with Gasteiger partial charge in [-0.15, -0.1) is 0 Å². The smallest absolute Gasteiger partial charge is 0.245 e. The van der Waals surface area contributed by atoms with Crippen LogP contribution in [-0.2, 0) is 16.6 Å². The van der Waals surface area contributed by atoms with Gasteiger partial charge in [-0.2, -0.15) is 0 Å². The molecule has 0 aliphatic carbocycles. The van der Waals surface area contributed by atoms with E-state index in [0.717, 1.165) is 11.4 Å². The van der Waals surface area contributed by atoms with E-state index in [9.17, 15) is 9.59 Å². The molecule has 1 atom stereocenters. The third-order valence-corrected chi connectivity index (χ3v) is 5.21. The van der Waals surface area contributed by atoms with Gasteiger partial charge in [0.05, 0.1) is 7.11 Å². The average molecular weight is 382 g/mol. The molecule has 1 aromatic carbocycles. The van der Waals surface area contributed by atoms with Crippen molar-refractivity contribution in [2.45, 2.75) is 18.9 Å². The summed E-state index contributed by atoms with van der Waals surface area (Å²) < 4.78 is 7.39. The van der Waals surface area contributed by atoms with Gasteiger partial charge in [0.2, 0.25) is 11.8 Å². The summed E-state index contributed by atoms with van der Waals surface area (Å²) in [5, 5.41) is 3.15. The maximum absolute atomic E-state index is 13.0. The van der Waals surface area contributed by atoms with Crippen molar-refractivity contribution in [3.8, 4) is 5.75 Å². The summed E-state index contributed by atoms with van der Waals surface area (Å²) in [6.07, 6.45) is 6.14. The second-order valence-electron chi connectivity index (χ2n) is 6.88. The van der Waals surface area contributed by atoms with E-state index < -0.39 is 6.04 Å². The Kier molecular flexibility index (Phi) is 6.13. The highest BCUT2D eigenvalue weighted by Crippen LogP contribution is 2.30. The molecule has 1 saturated heterocycles. The first kappa shape index (κ1) is 19.7. The Morgan fingerprint density at radius 1 is 1.32 bits per heavy atom. The van der Waals surface area contributed by atoms with Crippen LogP contribution in [0.2, 0.25) is 0 Å². The van der Waals surface area contributed by atoms with Crippen LogP contribution >= 0.6 is 0 Å². The number of methoxy groups -OCH3 is 1. The number of para-hydroxylation sites is 1. The minimum atomic E-state index is -0.420. The Morgan fingerprint density at radius 2 is 2.04 bits per heavy atom. The van der Waals surface area contributed by atoms with Gasteiger partial charge in [0.15, 0.2) is 0 Å². The molecule has 1 N–H and O–H groups in total. The number of aromatic nitrogens is 2. The molecule has 1 aliphatic heterocycles. The Morgan fingerprint density at radius 3 is 2.64 bits per heavy atom. The zero-order valence-corrected chi connectivity index (χ0v) is 16.3. The van der Waals surface area contributed by atoms with E-state index in [-0.39, 0.29) is 17.7 Å². The van der Waals surface area contributed by atoms with Gasteiger partial charge in [0.25, 0.3) is 0 Å². The number of carbonyl (C=O) groups is 2. The van der Waals surface area contributed by atoms with Crippen LogP contribution in [0.3, 0.4) is 0 Å². The van der Waals surface area contributed by atoms with Crippen LogP contribution in [0.15, 0.2) is 49.3 Å². The van der Waals surface area contributed by atoms with Crippen molar-refractivity contribution in [3.05, 3.63) is 60.7 Å². The molecule has 2 amide bonds. The number of piperidine rings is 1. The lowest BCUT2D eigenvalue weighted by Crippen LogP contribution is -2.43. The highest BCUT2D eigenvalue weighted by Gasteiger charge is 2.30. The van der Waals surface area contributed by atoms with Gasteiger partial charge in [0, 0.05) is 44.0 Å². The summed E-state index contributed by atoms with van der Waals surface area (Å²) in [4.78, 5) is 30.9. The predicted molar refractivity (Wildman–Crippen MR) is 106 cm³/mol. The van der Waals surface area contributed by atoms with Crippen LogP contribution in [0.25, 0.3) is 0 Å². The van der Waals surface area contributed by atoms with Crippen molar-refractivity contribution in [1.29, 1.82) is 0 Å². The molecule has 2 heterocycles. The molecule has 0 spiro atoms. The minimum Gasteiger partial charge on any atom is -0.496 e. The SMILES string of the molecule is C=CC(=O)N1CCC(C(=O)NC(c2ccccc2OC)c2nccn2C)CC1. The number of benzene rings is 1. The standard InChI is InChI=1S/C21H26N4O3/c1-4-18(26)25-12-9-15(10-13-25)21(27)23-19(20-22-11-14-24(20)2)16-7-5-6-8-17(16)28-3/h4-8,11,14-15,19H,1,9-10,12-13H2,2-3H3,(H,23,27). The molecule has 148 valence electrons. The number of hydrogen-bond acceptors (Lipinski definition) is 4. The van der Waals surface area contributed by atoms with Gasteiger partial charge < -0.3 is 19.5 Å². The summed E-state index contributed by atoms with van der Waals surface area (Å²) in [6.45, 7) is 4.64. The van der Waals surface area contributed by atoms with Crippen LogP contribution < -0.4 is 10.1 Å². The molecule has 1 aliphatic rings. The van der Waals surface area contributed by atoms with Crippen molar-refractivity contribution < 1.29 is 14.3 Å². The van der Waals surface area contributed by atoms with E-state index in [1.54, 1.807) is 18.2 Å². The highest BCUT2D eigenvalue weighted by atomic mass is 16.5. The molecule has 7 heteroatoms. The Balaban J connectivity index is 1.79. The number of nitrogens with one attached hydrogen (secondary N) is 1. The molecule has 3 rings (SSSR count). The van der Waals surface area contributed by atoms with Crippen LogP contribution in [0, 0.1) is 5.92 Å². The Labute approximate surface area is 165 Å². The number of amides is 2. The minimum absolute atomic E-state index is 0.0374. The molecule has 0 radical (unpaired) electrons. The number of likely N-dealkylation sites (tertiary alicyclic amines) is 1. The number of carbonyl (C=O) groups excluding carboxylic acids is 2. The largest absolute Gasteiger partial charge is 0.496 e. The van der Waals surface area contributed by atoms with E-state index in [4.69, 9.17) is 4.74 Å². The first-order valence-electron chi connectivity index (χ1n) is 9.37. The first-order chi connectivity index (χ1) is 13.5. The van der Waals surface area contributed by atoms with E-state index in [2.05, 4.69) is 16.9 Å². The van der Waals surface area contributed by atoms with Gasteiger partial charge in [-0.25, -0.2) is 4.98 Å². The van der Waals surface area contributed by atoms with Gasteiger partial charge >= 0.3 is 0 Å². The first-order valence-corrected chi connectivity index (χ1v) is 9.37. The van der Waals surface area contributed by atoms with Crippen LogP contribution in [0.4, 0.5) is 0 Å². The van der Waals surface area contributed by atoms with Gasteiger partial charge in [0.1, 0.15) is 17.6 Å². The average Bonchev–Trinajstić information content (AvgIpc) is 3.17. The lowest BCUT2D eigenvalue weighted by atomic mass is 9.94. The van der Waals surface area contributed by atoms with Gasteiger partial charge in [-0.05, 0) is 25.0 Å². The van der Waals surface area contributed by atoms with E-state index in [1.165, 1.54) is 6.08 Å². The van der Waals surface area contributed by atoms with Crippen LogP contribution in [-0.4, -0.2) is 46.5 Å². The third-order valence-electron chi connectivity index (χ3n) is 5.21. The number of ether oxygens (including phenoxy) is 1. The summed E-state index contributed by atoms with van der Waals surface area (Å²) in [7, 11) is 3.51. The maximum atomic E-state index is 13.0. The quantitative estimate of drug-likeness (QED) is 0.776. The number of nitrogens with zero attached hydrogens (tertiary/aromatic N) is 3. The summed E-state index contributed by atoms with van der Waals surface area (Å²) in [5.41, 5.74) is 0.854. The topological polar surface area (TPSA) is 76.5 Å². The zero-order valence-electron chi connectivity index (χ0n) is 16.3. The van der Waals surface area contributed by atoms with E-state index >= 15 is 0 Å². The fourth-order valence-corrected chi connectivity index (χ4v) is 3.59. The molecular weight excluding hydrogens is 356 g/mol. The monoisotopic (exact) mass is 382 g/mol. The highest BCUT2D eigenvalue weighted by molar-refractivity contribution is 5.87. The van der Waals surface area contributed by atoms with E-state index in [0.29, 0.717) is 31.7 Å². The summed E-state index contributed by atoms with van der Waals surface area (Å²) in [6, 6.07) is 7.20. The molecule has 0 bridgehead atoms. The number of rotatable bonds is 6. The van der Waals surface area contributed by atoms with Crippen molar-refractivity contribution >= 4 is 11.8 Å². The van der Waals surface area contributed by atoms with Crippen LogP contribution in [0.1, 0.15) is 30.3 Å². The molecule has 2 aromatic rings. The maximum Gasteiger partial charge on any atom is 0.245 e. The van der Waals surface area contributed by atoms with Crippen molar-refractivity contribution in [3.63, 3.8) is 0 Å². The third kappa shape index (κ3) is 4.08. The second-order valence-corrected chi connectivity index (χ2v) is 6.88. The summed E-state index contributed by atoms with van der Waals surface area (Å²) in [5.74, 6) is 1.16. The molecule has 1 unspecified atom stereocenters. The molecule has 0 saturated carbocycles. The second kappa shape index (κ2) is 8.73. The number of hydrogen-bond donors (Lipinski definition) is 1. The Bertz CT molecular complexity index is 853. The van der Waals surface area contributed by atoms with Crippen molar-refractivity contribution in [2.75, 3.05) is 20.2 Å². The van der Waals surface area contributed by atoms with Gasteiger partial charge in [-0.3, -0.25) is 9.59 Å². The summed E-state index contributed by atoms with van der Waals surface area (Å²) >= 11 is 0. The fraction of sp³-hybridized carbons (Fsp3) is 0.381. The Hall–Kier alpha value is -3.09. The molecule has 28 heavy (non-hydrogen) atoms. The molecule has 7 nitrogen and oxygen atoms in total. The lowest BCUT2D eigenvalue weighted by Gasteiger charge is -2.31. The molecule has 1 fully saturated rings. The molecular formula is C21H26N4O3. The normalized spacial score (nSPS) is 15.7. The molecule has 1 aromatic heterocycles. The van der Waals surface area contributed by atoms with E-state index in [1.807, 2.05) is 42.1 Å².